The van der Waals surface area contributed by atoms with Crippen molar-refractivity contribution < 1.29 is 9.18 Å². The standard InChI is InChI=1S/C14H18FN5O/c1-19(7-10-6-17-20(2)8-10)9-12-5-11(14(21)18-16)3-4-13(12)15/h3-6,8H,7,9,16H2,1-2H3,(H,18,21). The number of nitrogen functional groups attached to an aromatic ring is 1. The number of carbonyl (C=O) groups is 1. The fourth-order valence-corrected chi connectivity index (χ4v) is 2.13. The summed E-state index contributed by atoms with van der Waals surface area (Å²) in [6, 6.07) is 4.19. The SMILES string of the molecule is CN(Cc1cnn(C)c1)Cc1cc(C(=O)NN)ccc1F. The molecule has 0 aliphatic carbocycles. The number of carbonyl (C=O) groups excluding carboxylic acids is 1. The first kappa shape index (κ1) is 15.1. The average molecular weight is 291 g/mol. The van der Waals surface area contributed by atoms with E-state index in [1.54, 1.807) is 10.9 Å². The molecule has 0 fully saturated rings. The Hall–Kier alpha value is -2.25. The van der Waals surface area contributed by atoms with Gasteiger partial charge < -0.3 is 0 Å². The summed E-state index contributed by atoms with van der Waals surface area (Å²) in [6.07, 6.45) is 3.68. The van der Waals surface area contributed by atoms with E-state index in [2.05, 4.69) is 5.10 Å². The molecule has 2 aromatic rings. The smallest absolute Gasteiger partial charge is 0.265 e. The van der Waals surface area contributed by atoms with Crippen LogP contribution in [0.25, 0.3) is 0 Å². The number of amides is 1. The van der Waals surface area contributed by atoms with Crippen LogP contribution in [0.1, 0.15) is 21.5 Å². The van der Waals surface area contributed by atoms with E-state index in [0.717, 1.165) is 5.56 Å². The maximum Gasteiger partial charge on any atom is 0.265 e. The lowest BCUT2D eigenvalue weighted by atomic mass is 10.1. The molecular formula is C14H18FN5O. The molecule has 0 spiro atoms. The number of hydrazine groups is 1. The third-order valence-corrected chi connectivity index (χ3v) is 3.09. The largest absolute Gasteiger partial charge is 0.298 e. The molecule has 0 saturated carbocycles. The molecule has 0 aliphatic heterocycles. The fourth-order valence-electron chi connectivity index (χ4n) is 2.13. The molecule has 7 heteroatoms. The van der Waals surface area contributed by atoms with Crippen molar-refractivity contribution in [3.63, 3.8) is 0 Å². The first-order valence-electron chi connectivity index (χ1n) is 6.45. The zero-order valence-electron chi connectivity index (χ0n) is 12.0. The Morgan fingerprint density at radius 1 is 1.48 bits per heavy atom. The van der Waals surface area contributed by atoms with Crippen LogP contribution in [0.15, 0.2) is 30.6 Å². The second-order valence-corrected chi connectivity index (χ2v) is 4.97. The van der Waals surface area contributed by atoms with E-state index >= 15 is 0 Å². The minimum Gasteiger partial charge on any atom is -0.298 e. The van der Waals surface area contributed by atoms with E-state index < -0.39 is 5.91 Å². The Kier molecular flexibility index (Phi) is 4.66. The monoisotopic (exact) mass is 291 g/mol. The van der Waals surface area contributed by atoms with E-state index in [4.69, 9.17) is 5.84 Å². The van der Waals surface area contributed by atoms with Crippen LogP contribution in [0.5, 0.6) is 0 Å². The van der Waals surface area contributed by atoms with Crippen LogP contribution >= 0.6 is 0 Å². The quantitative estimate of drug-likeness (QED) is 0.485. The predicted molar refractivity (Wildman–Crippen MR) is 76.4 cm³/mol. The van der Waals surface area contributed by atoms with Crippen molar-refractivity contribution in [2.24, 2.45) is 12.9 Å². The van der Waals surface area contributed by atoms with Gasteiger partial charge in [-0.2, -0.15) is 5.10 Å². The van der Waals surface area contributed by atoms with E-state index in [1.165, 1.54) is 18.2 Å². The van der Waals surface area contributed by atoms with Crippen molar-refractivity contribution in [3.05, 3.63) is 53.1 Å². The van der Waals surface area contributed by atoms with E-state index in [-0.39, 0.29) is 5.82 Å². The highest BCUT2D eigenvalue weighted by atomic mass is 19.1. The molecule has 0 radical (unpaired) electrons. The molecule has 112 valence electrons. The van der Waals surface area contributed by atoms with Gasteiger partial charge >= 0.3 is 0 Å². The van der Waals surface area contributed by atoms with Crippen molar-refractivity contribution in [2.45, 2.75) is 13.1 Å². The van der Waals surface area contributed by atoms with Crippen LogP contribution in [0, 0.1) is 5.82 Å². The molecule has 1 aromatic carbocycles. The summed E-state index contributed by atoms with van der Waals surface area (Å²) in [6.45, 7) is 1.02. The molecule has 0 unspecified atom stereocenters. The van der Waals surface area contributed by atoms with Gasteiger partial charge in [-0.1, -0.05) is 0 Å². The molecule has 6 nitrogen and oxygen atoms in total. The van der Waals surface area contributed by atoms with Crippen LogP contribution in [0.4, 0.5) is 4.39 Å². The summed E-state index contributed by atoms with van der Waals surface area (Å²) >= 11 is 0. The van der Waals surface area contributed by atoms with Gasteiger partial charge in [0.05, 0.1) is 6.20 Å². The summed E-state index contributed by atoms with van der Waals surface area (Å²) in [5.41, 5.74) is 3.86. The molecule has 3 N–H and O–H groups in total. The Morgan fingerprint density at radius 3 is 2.86 bits per heavy atom. The number of rotatable bonds is 5. The second-order valence-electron chi connectivity index (χ2n) is 4.97. The molecule has 1 aromatic heterocycles. The third-order valence-electron chi connectivity index (χ3n) is 3.09. The lowest BCUT2D eigenvalue weighted by Crippen LogP contribution is -2.30. The first-order valence-corrected chi connectivity index (χ1v) is 6.45. The Labute approximate surface area is 122 Å². The van der Waals surface area contributed by atoms with Crippen LogP contribution in [0.2, 0.25) is 0 Å². The zero-order chi connectivity index (χ0) is 15.4. The van der Waals surface area contributed by atoms with Gasteiger partial charge in [-0.15, -0.1) is 0 Å². The molecule has 1 amide bonds. The van der Waals surface area contributed by atoms with E-state index in [1.807, 2.05) is 30.6 Å². The highest BCUT2D eigenvalue weighted by Gasteiger charge is 2.11. The van der Waals surface area contributed by atoms with Crippen LogP contribution < -0.4 is 11.3 Å². The molecule has 2 rings (SSSR count). The summed E-state index contributed by atoms with van der Waals surface area (Å²) < 4.78 is 15.6. The Balaban J connectivity index is 2.09. The lowest BCUT2D eigenvalue weighted by molar-refractivity contribution is 0.0953. The summed E-state index contributed by atoms with van der Waals surface area (Å²) in [7, 11) is 3.72. The third kappa shape index (κ3) is 3.87. The molecular weight excluding hydrogens is 273 g/mol. The van der Waals surface area contributed by atoms with Gasteiger partial charge in [0.2, 0.25) is 0 Å². The van der Waals surface area contributed by atoms with Crippen molar-refractivity contribution >= 4 is 5.91 Å². The van der Waals surface area contributed by atoms with Gasteiger partial charge in [0.1, 0.15) is 5.82 Å². The number of aromatic nitrogens is 2. The predicted octanol–water partition coefficient (Wildman–Crippen LogP) is 0.795. The number of nitrogens with one attached hydrogen (secondary N) is 1. The van der Waals surface area contributed by atoms with E-state index in [0.29, 0.717) is 24.2 Å². The van der Waals surface area contributed by atoms with Crippen LogP contribution in [-0.2, 0) is 20.1 Å². The summed E-state index contributed by atoms with van der Waals surface area (Å²) in [5, 5.41) is 4.09. The Bertz CT molecular complexity index is 640. The van der Waals surface area contributed by atoms with Crippen molar-refractivity contribution in [1.29, 1.82) is 0 Å². The average Bonchev–Trinajstić information content (AvgIpc) is 2.85. The van der Waals surface area contributed by atoms with Crippen LogP contribution in [0.3, 0.4) is 0 Å². The molecule has 1 heterocycles. The Morgan fingerprint density at radius 2 is 2.24 bits per heavy atom. The van der Waals surface area contributed by atoms with Gasteiger partial charge in [-0.3, -0.25) is 19.8 Å². The molecule has 0 bridgehead atoms. The molecule has 0 atom stereocenters. The van der Waals surface area contributed by atoms with Crippen molar-refractivity contribution in [3.8, 4) is 0 Å². The number of halogens is 1. The number of nitrogens with zero attached hydrogens (tertiary/aromatic N) is 3. The number of aryl methyl sites for hydroxylation is 1. The van der Waals surface area contributed by atoms with Gasteiger partial charge in [0.15, 0.2) is 0 Å². The lowest BCUT2D eigenvalue weighted by Gasteiger charge is -2.16. The molecule has 0 aliphatic rings. The minimum absolute atomic E-state index is 0.337. The fraction of sp³-hybridized carbons (Fsp3) is 0.286. The first-order chi connectivity index (χ1) is 9.99. The maximum atomic E-state index is 13.8. The summed E-state index contributed by atoms with van der Waals surface area (Å²) in [4.78, 5) is 13.4. The highest BCUT2D eigenvalue weighted by molar-refractivity contribution is 5.93. The maximum absolute atomic E-state index is 13.8. The van der Waals surface area contributed by atoms with Crippen molar-refractivity contribution in [2.75, 3.05) is 7.05 Å². The van der Waals surface area contributed by atoms with Crippen LogP contribution in [-0.4, -0.2) is 27.6 Å². The zero-order valence-corrected chi connectivity index (χ0v) is 12.0. The van der Waals surface area contributed by atoms with E-state index in [9.17, 15) is 9.18 Å². The second kappa shape index (κ2) is 6.47. The van der Waals surface area contributed by atoms with Gasteiger partial charge in [-0.25, -0.2) is 10.2 Å². The highest BCUT2D eigenvalue weighted by Crippen LogP contribution is 2.14. The normalized spacial score (nSPS) is 10.9. The van der Waals surface area contributed by atoms with Gasteiger partial charge in [-0.05, 0) is 25.2 Å². The number of hydrogen-bond acceptors (Lipinski definition) is 4. The number of nitrogens with two attached hydrogens (primary N) is 1. The molecule has 21 heavy (non-hydrogen) atoms. The number of hydrogen-bond donors (Lipinski definition) is 2. The molecule has 0 saturated heterocycles. The van der Waals surface area contributed by atoms with Crippen molar-refractivity contribution in [1.82, 2.24) is 20.1 Å². The van der Waals surface area contributed by atoms with Gasteiger partial charge in [0.25, 0.3) is 5.91 Å². The minimum atomic E-state index is -0.439. The topological polar surface area (TPSA) is 76.2 Å². The number of benzene rings is 1. The summed E-state index contributed by atoms with van der Waals surface area (Å²) in [5.74, 6) is 4.30. The van der Waals surface area contributed by atoms with Gasteiger partial charge in [0, 0.05) is 43.0 Å².